The molecule has 0 aliphatic carbocycles. The first kappa shape index (κ1) is 27.0. The van der Waals surface area contributed by atoms with Gasteiger partial charge in [0.05, 0.1) is 0 Å². The zero-order valence-corrected chi connectivity index (χ0v) is 20.0. The lowest BCUT2D eigenvalue weighted by Crippen LogP contribution is -2.10. The van der Waals surface area contributed by atoms with Crippen LogP contribution in [0.5, 0.6) is 0 Å². The lowest BCUT2D eigenvalue weighted by atomic mass is 9.82. The van der Waals surface area contributed by atoms with Gasteiger partial charge in [0.25, 0.3) is 0 Å². The summed E-state index contributed by atoms with van der Waals surface area (Å²) in [6.07, 6.45) is 30.7. The third kappa shape index (κ3) is 19.1. The van der Waals surface area contributed by atoms with Crippen molar-refractivity contribution in [2.24, 2.45) is 11.8 Å². The lowest BCUT2D eigenvalue weighted by molar-refractivity contribution is 0.286. The summed E-state index contributed by atoms with van der Waals surface area (Å²) in [5, 5.41) is 0. The molecule has 2 unspecified atom stereocenters. The van der Waals surface area contributed by atoms with Crippen LogP contribution in [0.4, 0.5) is 0 Å². The average Bonchev–Trinajstić information content (AvgIpc) is 2.67. The highest BCUT2D eigenvalue weighted by molar-refractivity contribution is 4.68. The molecule has 0 aromatic rings. The molecule has 0 aliphatic rings. The van der Waals surface area contributed by atoms with Gasteiger partial charge in [-0.15, -0.1) is 0 Å². The molecule has 0 amide bonds. The molecule has 0 nitrogen and oxygen atoms in total. The minimum absolute atomic E-state index is 1.02. The molecular formula is C27H56. The summed E-state index contributed by atoms with van der Waals surface area (Å²) in [6, 6.07) is 0. The fourth-order valence-corrected chi connectivity index (χ4v) is 4.75. The van der Waals surface area contributed by atoms with E-state index in [4.69, 9.17) is 0 Å². The SMILES string of the molecule is CCCCCCCCC(CCCCCC)CC(CCC)CCCCCCC. The van der Waals surface area contributed by atoms with Crippen LogP contribution in [0.2, 0.25) is 0 Å². The molecule has 0 radical (unpaired) electrons. The van der Waals surface area contributed by atoms with Crippen molar-refractivity contribution in [2.45, 2.75) is 163 Å². The van der Waals surface area contributed by atoms with E-state index in [2.05, 4.69) is 27.7 Å². The molecule has 0 bridgehead atoms. The van der Waals surface area contributed by atoms with Crippen LogP contribution < -0.4 is 0 Å². The van der Waals surface area contributed by atoms with Gasteiger partial charge in [-0.25, -0.2) is 0 Å². The summed E-state index contributed by atoms with van der Waals surface area (Å²) in [4.78, 5) is 0. The molecule has 0 saturated carbocycles. The predicted octanol–water partition coefficient (Wildman–Crippen LogP) is 10.5. The van der Waals surface area contributed by atoms with Gasteiger partial charge in [0.1, 0.15) is 0 Å². The van der Waals surface area contributed by atoms with Gasteiger partial charge < -0.3 is 0 Å². The van der Waals surface area contributed by atoms with Crippen LogP contribution in [0.15, 0.2) is 0 Å². The van der Waals surface area contributed by atoms with Gasteiger partial charge >= 0.3 is 0 Å². The molecular weight excluding hydrogens is 324 g/mol. The minimum Gasteiger partial charge on any atom is -0.0654 e. The Balaban J connectivity index is 4.23. The molecule has 0 aromatic carbocycles. The van der Waals surface area contributed by atoms with E-state index in [1.807, 2.05) is 0 Å². The largest absolute Gasteiger partial charge is 0.0654 e. The number of hydrogen-bond donors (Lipinski definition) is 0. The van der Waals surface area contributed by atoms with E-state index < -0.39 is 0 Å². The maximum absolute atomic E-state index is 2.40. The third-order valence-corrected chi connectivity index (χ3v) is 6.51. The molecule has 164 valence electrons. The quantitative estimate of drug-likeness (QED) is 0.164. The van der Waals surface area contributed by atoms with E-state index in [0.717, 1.165) is 11.8 Å². The van der Waals surface area contributed by atoms with E-state index in [1.165, 1.54) is 128 Å². The molecule has 0 aliphatic heterocycles. The summed E-state index contributed by atoms with van der Waals surface area (Å²) in [5.74, 6) is 2.05. The Morgan fingerprint density at radius 2 is 0.667 bits per heavy atom. The van der Waals surface area contributed by atoms with Crippen molar-refractivity contribution in [2.75, 3.05) is 0 Å². The fraction of sp³-hybridized carbons (Fsp3) is 1.00. The average molecular weight is 381 g/mol. The summed E-state index contributed by atoms with van der Waals surface area (Å²) in [6.45, 7) is 9.38. The van der Waals surface area contributed by atoms with Crippen LogP contribution in [-0.2, 0) is 0 Å². The number of rotatable bonds is 22. The zero-order chi connectivity index (χ0) is 20.0. The van der Waals surface area contributed by atoms with Crippen molar-refractivity contribution < 1.29 is 0 Å². The van der Waals surface area contributed by atoms with Crippen molar-refractivity contribution in [1.82, 2.24) is 0 Å². The molecule has 2 atom stereocenters. The Hall–Kier alpha value is 0. The minimum atomic E-state index is 1.02. The van der Waals surface area contributed by atoms with Crippen molar-refractivity contribution in [3.8, 4) is 0 Å². The first-order valence-corrected chi connectivity index (χ1v) is 13.3. The molecule has 0 fully saturated rings. The standard InChI is InChI=1S/C27H56/c1-5-9-12-15-17-20-24-27(23-18-14-11-7-3)25-26(21-8-4)22-19-16-13-10-6-2/h26-27H,5-25H2,1-4H3. The second-order valence-electron chi connectivity index (χ2n) is 9.37. The second kappa shape index (κ2) is 22.3. The molecule has 0 saturated heterocycles. The molecule has 0 heteroatoms. The highest BCUT2D eigenvalue weighted by Gasteiger charge is 2.16. The Bertz CT molecular complexity index is 257. The topological polar surface area (TPSA) is 0 Å². The third-order valence-electron chi connectivity index (χ3n) is 6.51. The maximum atomic E-state index is 2.40. The van der Waals surface area contributed by atoms with Gasteiger partial charge in [0.15, 0.2) is 0 Å². The Kier molecular flexibility index (Phi) is 22.3. The Labute approximate surface area is 174 Å². The first-order valence-electron chi connectivity index (χ1n) is 13.3. The molecule has 0 heterocycles. The van der Waals surface area contributed by atoms with Crippen LogP contribution in [0.1, 0.15) is 163 Å². The molecule has 0 spiro atoms. The van der Waals surface area contributed by atoms with Crippen LogP contribution in [-0.4, -0.2) is 0 Å². The summed E-state index contributed by atoms with van der Waals surface area (Å²) in [7, 11) is 0. The first-order chi connectivity index (χ1) is 13.3. The number of hydrogen-bond acceptors (Lipinski definition) is 0. The number of unbranched alkanes of at least 4 members (excludes halogenated alkanes) is 12. The predicted molar refractivity (Wildman–Crippen MR) is 127 cm³/mol. The zero-order valence-electron chi connectivity index (χ0n) is 20.0. The maximum Gasteiger partial charge on any atom is -0.0412 e. The van der Waals surface area contributed by atoms with Crippen LogP contribution in [0, 0.1) is 11.8 Å². The van der Waals surface area contributed by atoms with Crippen molar-refractivity contribution >= 4 is 0 Å². The smallest absolute Gasteiger partial charge is 0.0412 e. The van der Waals surface area contributed by atoms with E-state index in [-0.39, 0.29) is 0 Å². The van der Waals surface area contributed by atoms with Gasteiger partial charge in [0.2, 0.25) is 0 Å². The van der Waals surface area contributed by atoms with Gasteiger partial charge in [0, 0.05) is 0 Å². The second-order valence-corrected chi connectivity index (χ2v) is 9.37. The van der Waals surface area contributed by atoms with E-state index in [0.29, 0.717) is 0 Å². The summed E-state index contributed by atoms with van der Waals surface area (Å²) in [5.41, 5.74) is 0. The molecule has 27 heavy (non-hydrogen) atoms. The normalized spacial score (nSPS) is 13.8. The van der Waals surface area contributed by atoms with Crippen molar-refractivity contribution in [3.05, 3.63) is 0 Å². The van der Waals surface area contributed by atoms with Crippen molar-refractivity contribution in [1.29, 1.82) is 0 Å². The fourth-order valence-electron chi connectivity index (χ4n) is 4.75. The highest BCUT2D eigenvalue weighted by Crippen LogP contribution is 2.30. The van der Waals surface area contributed by atoms with Crippen LogP contribution >= 0.6 is 0 Å². The van der Waals surface area contributed by atoms with Gasteiger partial charge in [-0.1, -0.05) is 156 Å². The summed E-state index contributed by atoms with van der Waals surface area (Å²) < 4.78 is 0. The van der Waals surface area contributed by atoms with Crippen LogP contribution in [0.3, 0.4) is 0 Å². The van der Waals surface area contributed by atoms with E-state index in [9.17, 15) is 0 Å². The molecule has 0 N–H and O–H groups in total. The van der Waals surface area contributed by atoms with Gasteiger partial charge in [-0.05, 0) is 18.3 Å². The molecule has 0 aromatic heterocycles. The highest BCUT2D eigenvalue weighted by atomic mass is 14.2. The van der Waals surface area contributed by atoms with Gasteiger partial charge in [-0.2, -0.15) is 0 Å². The van der Waals surface area contributed by atoms with Crippen molar-refractivity contribution in [3.63, 3.8) is 0 Å². The monoisotopic (exact) mass is 380 g/mol. The van der Waals surface area contributed by atoms with E-state index in [1.54, 1.807) is 6.42 Å². The Morgan fingerprint density at radius 1 is 0.333 bits per heavy atom. The Morgan fingerprint density at radius 3 is 1.07 bits per heavy atom. The summed E-state index contributed by atoms with van der Waals surface area (Å²) >= 11 is 0. The van der Waals surface area contributed by atoms with E-state index >= 15 is 0 Å². The van der Waals surface area contributed by atoms with Crippen LogP contribution in [0.25, 0.3) is 0 Å². The molecule has 0 rings (SSSR count). The van der Waals surface area contributed by atoms with Gasteiger partial charge in [-0.3, -0.25) is 0 Å². The lowest BCUT2D eigenvalue weighted by Gasteiger charge is -2.24.